The molecule has 1 saturated heterocycles. The zero-order valence-corrected chi connectivity index (χ0v) is 11.6. The third-order valence-electron chi connectivity index (χ3n) is 4.52. The van der Waals surface area contributed by atoms with E-state index in [0.29, 0.717) is 6.04 Å². The van der Waals surface area contributed by atoms with Crippen LogP contribution in [0.15, 0.2) is 30.6 Å². The first kappa shape index (κ1) is 12.3. The molecule has 2 heterocycles. The van der Waals surface area contributed by atoms with Crippen LogP contribution in [0, 0.1) is 5.92 Å². The number of pyridine rings is 1. The summed E-state index contributed by atoms with van der Waals surface area (Å²) in [7, 11) is 0. The van der Waals surface area contributed by atoms with Crippen molar-refractivity contribution in [1.82, 2.24) is 4.98 Å². The predicted molar refractivity (Wildman–Crippen MR) is 81.4 cm³/mol. The highest BCUT2D eigenvalue weighted by Gasteiger charge is 2.26. The molecule has 3 heteroatoms. The van der Waals surface area contributed by atoms with Gasteiger partial charge in [-0.2, -0.15) is 0 Å². The molecule has 1 fully saturated rings. The fraction of sp³-hybridized carbons (Fsp3) is 0.438. The molecule has 3 nitrogen and oxygen atoms in total. The Balaban J connectivity index is 2.07. The highest BCUT2D eigenvalue weighted by molar-refractivity contribution is 5.98. The van der Waals surface area contributed by atoms with Crippen LogP contribution in [0.25, 0.3) is 10.8 Å². The summed E-state index contributed by atoms with van der Waals surface area (Å²) in [4.78, 5) is 6.62. The second kappa shape index (κ2) is 4.72. The summed E-state index contributed by atoms with van der Waals surface area (Å²) in [5.41, 5.74) is 8.46. The van der Waals surface area contributed by atoms with Gasteiger partial charge in [0.05, 0.1) is 11.4 Å². The second-order valence-corrected chi connectivity index (χ2v) is 5.65. The number of aromatic nitrogens is 1. The largest absolute Gasteiger partial charge is 0.397 e. The molecule has 2 unspecified atom stereocenters. The van der Waals surface area contributed by atoms with E-state index in [0.717, 1.165) is 28.9 Å². The molecule has 0 radical (unpaired) electrons. The number of fused-ring (bicyclic) bond motifs is 1. The van der Waals surface area contributed by atoms with Crippen LogP contribution in [0.3, 0.4) is 0 Å². The molecule has 19 heavy (non-hydrogen) atoms. The Morgan fingerprint density at radius 1 is 1.26 bits per heavy atom. The Bertz CT molecular complexity index is 594. The SMILES string of the molecule is CC1CCCN(c2ccc3cnccc3c2N)C1C. The molecular weight excluding hydrogens is 234 g/mol. The number of hydrogen-bond acceptors (Lipinski definition) is 3. The Kier molecular flexibility index (Phi) is 3.05. The first-order valence-corrected chi connectivity index (χ1v) is 7.07. The third-order valence-corrected chi connectivity index (χ3v) is 4.52. The molecule has 0 amide bonds. The van der Waals surface area contributed by atoms with Gasteiger partial charge in [0.1, 0.15) is 0 Å². The summed E-state index contributed by atoms with van der Waals surface area (Å²) in [5.74, 6) is 0.723. The van der Waals surface area contributed by atoms with Gasteiger partial charge in [-0.05, 0) is 37.8 Å². The number of nitrogen functional groups attached to an aromatic ring is 1. The number of benzene rings is 1. The smallest absolute Gasteiger partial charge is 0.0632 e. The summed E-state index contributed by atoms with van der Waals surface area (Å²) >= 11 is 0. The lowest BCUT2D eigenvalue weighted by Crippen LogP contribution is -2.42. The molecule has 1 aliphatic rings. The van der Waals surface area contributed by atoms with E-state index in [1.165, 1.54) is 18.5 Å². The molecule has 2 aromatic rings. The number of nitrogens with two attached hydrogens (primary N) is 1. The van der Waals surface area contributed by atoms with Gasteiger partial charge in [-0.25, -0.2) is 0 Å². The molecule has 1 aromatic carbocycles. The molecule has 3 rings (SSSR count). The Morgan fingerprint density at radius 3 is 2.95 bits per heavy atom. The molecule has 0 saturated carbocycles. The summed E-state index contributed by atoms with van der Waals surface area (Å²) in [6.45, 7) is 5.74. The summed E-state index contributed by atoms with van der Waals surface area (Å²) < 4.78 is 0. The lowest BCUT2D eigenvalue weighted by molar-refractivity contribution is 0.364. The predicted octanol–water partition coefficient (Wildman–Crippen LogP) is 3.44. The topological polar surface area (TPSA) is 42.2 Å². The molecule has 1 aliphatic heterocycles. The normalized spacial score (nSPS) is 23.8. The first-order chi connectivity index (χ1) is 9.18. The van der Waals surface area contributed by atoms with Gasteiger partial charge >= 0.3 is 0 Å². The molecule has 2 atom stereocenters. The van der Waals surface area contributed by atoms with Crippen molar-refractivity contribution < 1.29 is 0 Å². The van der Waals surface area contributed by atoms with E-state index in [2.05, 4.69) is 35.9 Å². The van der Waals surface area contributed by atoms with Crippen LogP contribution in [-0.2, 0) is 0 Å². The fourth-order valence-electron chi connectivity index (χ4n) is 3.11. The minimum Gasteiger partial charge on any atom is -0.397 e. The molecule has 0 aliphatic carbocycles. The quantitative estimate of drug-likeness (QED) is 0.794. The van der Waals surface area contributed by atoms with Gasteiger partial charge in [-0.15, -0.1) is 0 Å². The molecular formula is C16H21N3. The van der Waals surface area contributed by atoms with Crippen LogP contribution in [0.5, 0.6) is 0 Å². The molecule has 2 N–H and O–H groups in total. The number of nitrogens with zero attached hydrogens (tertiary/aromatic N) is 2. The van der Waals surface area contributed by atoms with Gasteiger partial charge in [-0.1, -0.05) is 13.0 Å². The van der Waals surface area contributed by atoms with E-state index in [1.54, 1.807) is 0 Å². The van der Waals surface area contributed by atoms with Gasteiger partial charge < -0.3 is 10.6 Å². The average Bonchev–Trinajstić information content (AvgIpc) is 2.43. The van der Waals surface area contributed by atoms with E-state index >= 15 is 0 Å². The molecule has 0 spiro atoms. The lowest BCUT2D eigenvalue weighted by atomic mass is 9.91. The maximum Gasteiger partial charge on any atom is 0.0632 e. The van der Waals surface area contributed by atoms with Crippen molar-refractivity contribution in [2.75, 3.05) is 17.2 Å². The zero-order valence-electron chi connectivity index (χ0n) is 11.6. The Hall–Kier alpha value is -1.77. The summed E-state index contributed by atoms with van der Waals surface area (Å²) in [6, 6.07) is 6.83. The minimum atomic E-state index is 0.551. The van der Waals surface area contributed by atoms with Crippen LogP contribution in [0.4, 0.5) is 11.4 Å². The van der Waals surface area contributed by atoms with Crippen molar-refractivity contribution in [1.29, 1.82) is 0 Å². The number of piperidine rings is 1. The van der Waals surface area contributed by atoms with E-state index in [4.69, 9.17) is 5.73 Å². The third kappa shape index (κ3) is 2.03. The summed E-state index contributed by atoms with van der Waals surface area (Å²) in [5, 5.41) is 2.22. The van der Waals surface area contributed by atoms with Crippen molar-refractivity contribution >= 4 is 22.1 Å². The summed E-state index contributed by atoms with van der Waals surface area (Å²) in [6.07, 6.45) is 6.25. The fourth-order valence-corrected chi connectivity index (χ4v) is 3.11. The van der Waals surface area contributed by atoms with E-state index in [1.807, 2.05) is 18.5 Å². The monoisotopic (exact) mass is 255 g/mol. The van der Waals surface area contributed by atoms with Crippen molar-refractivity contribution in [3.8, 4) is 0 Å². The second-order valence-electron chi connectivity index (χ2n) is 5.65. The standard InChI is InChI=1S/C16H21N3/c1-11-4-3-9-19(12(11)2)15-6-5-13-10-18-8-7-14(13)16(15)17/h5-8,10-12H,3-4,9,17H2,1-2H3. The van der Waals surface area contributed by atoms with Crippen molar-refractivity contribution in [2.24, 2.45) is 5.92 Å². The van der Waals surface area contributed by atoms with Crippen molar-refractivity contribution in [3.63, 3.8) is 0 Å². The number of hydrogen-bond donors (Lipinski definition) is 1. The number of anilines is 2. The maximum atomic E-state index is 6.39. The first-order valence-electron chi connectivity index (χ1n) is 7.07. The highest BCUT2D eigenvalue weighted by atomic mass is 15.2. The van der Waals surface area contributed by atoms with Crippen LogP contribution in [-0.4, -0.2) is 17.6 Å². The van der Waals surface area contributed by atoms with Crippen LogP contribution in [0.2, 0.25) is 0 Å². The van der Waals surface area contributed by atoms with E-state index in [9.17, 15) is 0 Å². The number of rotatable bonds is 1. The molecule has 100 valence electrons. The average molecular weight is 255 g/mol. The van der Waals surface area contributed by atoms with Crippen molar-refractivity contribution in [2.45, 2.75) is 32.7 Å². The Morgan fingerprint density at radius 2 is 2.11 bits per heavy atom. The Labute approximate surface area is 114 Å². The van der Waals surface area contributed by atoms with E-state index in [-0.39, 0.29) is 0 Å². The van der Waals surface area contributed by atoms with Gasteiger partial charge in [-0.3, -0.25) is 4.98 Å². The van der Waals surface area contributed by atoms with Gasteiger partial charge in [0, 0.05) is 35.8 Å². The van der Waals surface area contributed by atoms with E-state index < -0.39 is 0 Å². The maximum absolute atomic E-state index is 6.39. The zero-order chi connectivity index (χ0) is 13.4. The van der Waals surface area contributed by atoms with Gasteiger partial charge in [0.25, 0.3) is 0 Å². The molecule has 1 aromatic heterocycles. The lowest BCUT2D eigenvalue weighted by Gasteiger charge is -2.40. The van der Waals surface area contributed by atoms with Crippen LogP contribution >= 0.6 is 0 Å². The highest BCUT2D eigenvalue weighted by Crippen LogP contribution is 2.35. The van der Waals surface area contributed by atoms with Gasteiger partial charge in [0.15, 0.2) is 0 Å². The van der Waals surface area contributed by atoms with Crippen LogP contribution in [0.1, 0.15) is 26.7 Å². The molecule has 0 bridgehead atoms. The van der Waals surface area contributed by atoms with Gasteiger partial charge in [0.2, 0.25) is 0 Å². The van der Waals surface area contributed by atoms with Crippen LogP contribution < -0.4 is 10.6 Å². The minimum absolute atomic E-state index is 0.551. The van der Waals surface area contributed by atoms with Crippen molar-refractivity contribution in [3.05, 3.63) is 30.6 Å².